The predicted octanol–water partition coefficient (Wildman–Crippen LogP) is 3.72. The second-order valence-corrected chi connectivity index (χ2v) is 7.42. The lowest BCUT2D eigenvalue weighted by Gasteiger charge is -2.33. The van der Waals surface area contributed by atoms with Crippen molar-refractivity contribution >= 4 is 16.9 Å². The van der Waals surface area contributed by atoms with Crippen LogP contribution >= 0.6 is 0 Å². The first-order valence-corrected chi connectivity index (χ1v) is 10.4. The van der Waals surface area contributed by atoms with Crippen LogP contribution in [-0.2, 0) is 6.54 Å². The second kappa shape index (κ2) is 9.56. The van der Waals surface area contributed by atoms with Gasteiger partial charge in [-0.1, -0.05) is 24.6 Å². The van der Waals surface area contributed by atoms with E-state index < -0.39 is 0 Å². The molecule has 2 aromatic heterocycles. The maximum Gasteiger partial charge on any atom is 0.191 e. The Morgan fingerprint density at radius 1 is 1.10 bits per heavy atom. The molecule has 3 heterocycles. The van der Waals surface area contributed by atoms with Gasteiger partial charge in [0, 0.05) is 31.7 Å². The van der Waals surface area contributed by atoms with Gasteiger partial charge in [-0.15, -0.1) is 0 Å². The zero-order valence-electron chi connectivity index (χ0n) is 17.0. The normalized spacial score (nSPS) is 16.7. The minimum Gasteiger partial charge on any atom is -0.468 e. The number of piperidine rings is 1. The number of hydrogen-bond donors (Lipinski definition) is 2. The Morgan fingerprint density at radius 3 is 2.76 bits per heavy atom. The first kappa shape index (κ1) is 19.5. The molecule has 1 unspecified atom stereocenters. The summed E-state index contributed by atoms with van der Waals surface area (Å²) in [4.78, 5) is 11.4. The average molecular weight is 392 g/mol. The molecule has 1 aliphatic rings. The molecule has 0 spiro atoms. The van der Waals surface area contributed by atoms with Gasteiger partial charge >= 0.3 is 0 Å². The number of pyridine rings is 1. The van der Waals surface area contributed by atoms with Crippen molar-refractivity contribution in [3.05, 3.63) is 66.2 Å². The van der Waals surface area contributed by atoms with Crippen molar-refractivity contribution in [2.24, 2.45) is 4.99 Å². The first-order valence-electron chi connectivity index (χ1n) is 10.4. The van der Waals surface area contributed by atoms with Crippen LogP contribution in [0.15, 0.2) is 64.3 Å². The number of likely N-dealkylation sites (tertiary alicyclic amines) is 1. The molecule has 4 rings (SSSR count). The fraction of sp³-hybridized carbons (Fsp3) is 0.391. The van der Waals surface area contributed by atoms with Gasteiger partial charge < -0.3 is 15.1 Å². The summed E-state index contributed by atoms with van der Waals surface area (Å²) in [6.45, 7) is 3.67. The highest BCUT2D eigenvalue weighted by Gasteiger charge is 2.24. The van der Waals surface area contributed by atoms with E-state index in [9.17, 15) is 0 Å². The van der Waals surface area contributed by atoms with Crippen molar-refractivity contribution < 1.29 is 4.42 Å². The predicted molar refractivity (Wildman–Crippen MR) is 117 cm³/mol. The Hall–Kier alpha value is -2.86. The Kier molecular flexibility index (Phi) is 6.42. The van der Waals surface area contributed by atoms with Gasteiger partial charge in [0.25, 0.3) is 0 Å². The molecule has 6 nitrogen and oxygen atoms in total. The van der Waals surface area contributed by atoms with Crippen LogP contribution < -0.4 is 10.6 Å². The Morgan fingerprint density at radius 2 is 1.97 bits per heavy atom. The van der Waals surface area contributed by atoms with Crippen LogP contribution in [0.3, 0.4) is 0 Å². The molecular formula is C23H29N5O. The summed E-state index contributed by atoms with van der Waals surface area (Å²) in [5.74, 6) is 1.80. The molecule has 1 fully saturated rings. The lowest BCUT2D eigenvalue weighted by molar-refractivity contribution is 0.146. The number of para-hydroxylation sites is 1. The van der Waals surface area contributed by atoms with Crippen LogP contribution in [0.1, 0.15) is 36.6 Å². The number of hydrogen-bond acceptors (Lipinski definition) is 4. The number of rotatable bonds is 6. The molecule has 29 heavy (non-hydrogen) atoms. The number of furan rings is 1. The summed E-state index contributed by atoms with van der Waals surface area (Å²) >= 11 is 0. The summed E-state index contributed by atoms with van der Waals surface area (Å²) in [6.07, 6.45) is 7.43. The van der Waals surface area contributed by atoms with Gasteiger partial charge in [-0.2, -0.15) is 0 Å². The van der Waals surface area contributed by atoms with E-state index >= 15 is 0 Å². The topological polar surface area (TPSA) is 65.7 Å². The van der Waals surface area contributed by atoms with E-state index in [-0.39, 0.29) is 6.04 Å². The van der Waals surface area contributed by atoms with Crippen LogP contribution in [0.4, 0.5) is 0 Å². The maximum atomic E-state index is 5.74. The molecule has 1 aromatic carbocycles. The second-order valence-electron chi connectivity index (χ2n) is 7.42. The van der Waals surface area contributed by atoms with Crippen molar-refractivity contribution in [1.82, 2.24) is 20.5 Å². The van der Waals surface area contributed by atoms with Crippen molar-refractivity contribution in [3.8, 4) is 0 Å². The molecule has 1 saturated heterocycles. The summed E-state index contributed by atoms with van der Waals surface area (Å²) < 4.78 is 5.74. The Balaban J connectivity index is 1.40. The molecule has 152 valence electrons. The molecule has 0 radical (unpaired) electrons. The summed E-state index contributed by atoms with van der Waals surface area (Å²) in [6, 6.07) is 14.5. The van der Waals surface area contributed by atoms with Crippen LogP contribution in [-0.4, -0.2) is 42.5 Å². The standard InChI is InChI=1S/C23H29N5O/c1-24-23(26-16-18-11-12-25-20-9-4-3-8-19(18)20)27-17-21(22-10-7-15-29-22)28-13-5-2-6-14-28/h3-4,7-12,15,21H,2,5-6,13-14,16-17H2,1H3,(H2,24,26,27). The fourth-order valence-electron chi connectivity index (χ4n) is 4.02. The van der Waals surface area contributed by atoms with Crippen LogP contribution in [0, 0.1) is 0 Å². The highest BCUT2D eigenvalue weighted by atomic mass is 16.3. The molecule has 1 aliphatic heterocycles. The molecule has 0 amide bonds. The SMILES string of the molecule is CN=C(NCc1ccnc2ccccc12)NCC(c1ccco1)N1CCCCC1. The van der Waals surface area contributed by atoms with Crippen molar-refractivity contribution in [1.29, 1.82) is 0 Å². The van der Waals surface area contributed by atoms with Crippen molar-refractivity contribution in [2.75, 3.05) is 26.7 Å². The number of nitrogens with zero attached hydrogens (tertiary/aromatic N) is 3. The molecule has 0 saturated carbocycles. The van der Waals surface area contributed by atoms with Gasteiger partial charge in [-0.05, 0) is 55.8 Å². The number of fused-ring (bicyclic) bond motifs is 1. The third-order valence-electron chi connectivity index (χ3n) is 5.58. The van der Waals surface area contributed by atoms with Crippen LogP contribution in [0.25, 0.3) is 10.9 Å². The van der Waals surface area contributed by atoms with E-state index in [0.29, 0.717) is 6.54 Å². The van der Waals surface area contributed by atoms with Gasteiger partial charge in [-0.3, -0.25) is 14.9 Å². The summed E-state index contributed by atoms with van der Waals surface area (Å²) in [5.41, 5.74) is 2.22. The fourth-order valence-corrected chi connectivity index (χ4v) is 4.02. The van der Waals surface area contributed by atoms with E-state index in [1.165, 1.54) is 30.2 Å². The monoisotopic (exact) mass is 391 g/mol. The zero-order chi connectivity index (χ0) is 19.9. The van der Waals surface area contributed by atoms with Crippen molar-refractivity contribution in [3.63, 3.8) is 0 Å². The van der Waals surface area contributed by atoms with E-state index in [1.54, 1.807) is 6.26 Å². The molecule has 0 bridgehead atoms. The number of aliphatic imine (C=N–C) groups is 1. The van der Waals surface area contributed by atoms with E-state index in [4.69, 9.17) is 4.42 Å². The van der Waals surface area contributed by atoms with Gasteiger partial charge in [0.15, 0.2) is 5.96 Å². The van der Waals surface area contributed by atoms with E-state index in [1.807, 2.05) is 37.5 Å². The van der Waals surface area contributed by atoms with Crippen molar-refractivity contribution in [2.45, 2.75) is 31.8 Å². The molecule has 0 aliphatic carbocycles. The minimum atomic E-state index is 0.214. The summed E-state index contributed by atoms with van der Waals surface area (Å²) in [7, 11) is 1.81. The largest absolute Gasteiger partial charge is 0.468 e. The number of benzene rings is 1. The Bertz CT molecular complexity index is 926. The van der Waals surface area contributed by atoms with Gasteiger partial charge in [0.2, 0.25) is 0 Å². The highest BCUT2D eigenvalue weighted by molar-refractivity contribution is 5.83. The third kappa shape index (κ3) is 4.77. The zero-order valence-corrected chi connectivity index (χ0v) is 17.0. The van der Waals surface area contributed by atoms with Gasteiger partial charge in [0.05, 0.1) is 17.8 Å². The number of nitrogens with one attached hydrogen (secondary N) is 2. The van der Waals surface area contributed by atoms with E-state index in [2.05, 4.69) is 43.7 Å². The summed E-state index contributed by atoms with van der Waals surface area (Å²) in [5, 5.41) is 8.10. The smallest absolute Gasteiger partial charge is 0.191 e. The van der Waals surface area contributed by atoms with Gasteiger partial charge in [0.1, 0.15) is 5.76 Å². The maximum absolute atomic E-state index is 5.74. The highest BCUT2D eigenvalue weighted by Crippen LogP contribution is 2.24. The molecule has 2 N–H and O–H groups in total. The molecular weight excluding hydrogens is 362 g/mol. The van der Waals surface area contributed by atoms with Crippen LogP contribution in [0.5, 0.6) is 0 Å². The third-order valence-corrected chi connectivity index (χ3v) is 5.58. The quantitative estimate of drug-likeness (QED) is 0.495. The lowest BCUT2D eigenvalue weighted by atomic mass is 10.1. The van der Waals surface area contributed by atoms with E-state index in [0.717, 1.165) is 36.9 Å². The number of aromatic nitrogens is 1. The number of guanidine groups is 1. The van der Waals surface area contributed by atoms with Crippen LogP contribution in [0.2, 0.25) is 0 Å². The molecule has 1 atom stereocenters. The molecule has 6 heteroatoms. The minimum absolute atomic E-state index is 0.214. The first-order chi connectivity index (χ1) is 14.3. The van der Waals surface area contributed by atoms with Gasteiger partial charge in [-0.25, -0.2) is 0 Å². The Labute approximate surface area is 172 Å². The molecule has 3 aromatic rings. The lowest BCUT2D eigenvalue weighted by Crippen LogP contribution is -2.44. The average Bonchev–Trinajstić information content (AvgIpc) is 3.31.